The molecule has 1 aromatic rings. The van der Waals surface area contributed by atoms with Crippen LogP contribution >= 0.6 is 0 Å². The van der Waals surface area contributed by atoms with E-state index in [-0.39, 0.29) is 29.1 Å². The van der Waals surface area contributed by atoms with Crippen molar-refractivity contribution in [3.63, 3.8) is 0 Å². The first kappa shape index (κ1) is 16.6. The van der Waals surface area contributed by atoms with Gasteiger partial charge in [-0.15, -0.1) is 0 Å². The van der Waals surface area contributed by atoms with Crippen LogP contribution in [0.15, 0.2) is 9.42 Å². The lowest BCUT2D eigenvalue weighted by Crippen LogP contribution is -2.41. The maximum Gasteiger partial charge on any atom is 0.246 e. The number of carbonyl (C=O) groups is 1. The molecule has 0 aliphatic carbocycles. The Morgan fingerprint density at radius 1 is 1.40 bits per heavy atom. The Bertz CT molecular complexity index is 558. The molecule has 0 unspecified atom stereocenters. The van der Waals surface area contributed by atoms with Crippen molar-refractivity contribution < 1.29 is 17.7 Å². The highest BCUT2D eigenvalue weighted by molar-refractivity contribution is 7.89. The molecule has 0 atom stereocenters. The smallest absolute Gasteiger partial charge is 0.246 e. The second kappa shape index (κ2) is 6.36. The van der Waals surface area contributed by atoms with Gasteiger partial charge in [0, 0.05) is 26.1 Å². The fraction of sp³-hybridized carbons (Fsp3) is 0.667. The van der Waals surface area contributed by atoms with Gasteiger partial charge in [0.05, 0.1) is 0 Å². The average Bonchev–Trinajstić information content (AvgIpc) is 2.64. The van der Waals surface area contributed by atoms with Crippen molar-refractivity contribution in [1.29, 1.82) is 0 Å². The summed E-state index contributed by atoms with van der Waals surface area (Å²) in [5.74, 6) is 0.166. The summed E-state index contributed by atoms with van der Waals surface area (Å²) < 4.78 is 31.6. The monoisotopic (exact) mass is 303 g/mol. The van der Waals surface area contributed by atoms with Crippen LogP contribution in [-0.2, 0) is 14.8 Å². The predicted molar refractivity (Wildman–Crippen MR) is 73.7 cm³/mol. The summed E-state index contributed by atoms with van der Waals surface area (Å²) in [5.41, 5.74) is 0.322. The van der Waals surface area contributed by atoms with Crippen LogP contribution in [0.4, 0.5) is 0 Å². The van der Waals surface area contributed by atoms with E-state index in [2.05, 4.69) is 9.88 Å². The van der Waals surface area contributed by atoms with Gasteiger partial charge in [-0.25, -0.2) is 13.1 Å². The molecule has 1 N–H and O–H groups in total. The van der Waals surface area contributed by atoms with Crippen LogP contribution < -0.4 is 4.72 Å². The standard InChI is InChI=1S/C12H21N3O4S/c1-8(2)15(11(5)16)7-6-13-20(17,18)12-9(3)14-19-10(12)4/h8,13H,6-7H2,1-5H3. The molecule has 1 amide bonds. The number of carbonyl (C=O) groups excluding carboxylic acids is 1. The van der Waals surface area contributed by atoms with Crippen LogP contribution in [0.25, 0.3) is 0 Å². The summed E-state index contributed by atoms with van der Waals surface area (Å²) in [6.45, 7) is 8.79. The van der Waals surface area contributed by atoms with Gasteiger partial charge in [0.1, 0.15) is 10.6 Å². The highest BCUT2D eigenvalue weighted by Gasteiger charge is 2.24. The van der Waals surface area contributed by atoms with Crippen molar-refractivity contribution in [2.24, 2.45) is 0 Å². The molecule has 0 aliphatic heterocycles. The molecule has 8 heteroatoms. The van der Waals surface area contributed by atoms with E-state index >= 15 is 0 Å². The topological polar surface area (TPSA) is 92.5 Å². The number of aryl methyl sites for hydroxylation is 2. The first-order valence-electron chi connectivity index (χ1n) is 6.36. The molecule has 1 aromatic heterocycles. The zero-order valence-corrected chi connectivity index (χ0v) is 13.2. The van der Waals surface area contributed by atoms with E-state index < -0.39 is 10.0 Å². The normalized spacial score (nSPS) is 11.9. The minimum Gasteiger partial charge on any atom is -0.360 e. The van der Waals surface area contributed by atoms with E-state index in [9.17, 15) is 13.2 Å². The van der Waals surface area contributed by atoms with E-state index in [1.807, 2.05) is 13.8 Å². The Morgan fingerprint density at radius 3 is 2.40 bits per heavy atom. The largest absolute Gasteiger partial charge is 0.360 e. The van der Waals surface area contributed by atoms with Crippen molar-refractivity contribution in [2.75, 3.05) is 13.1 Å². The van der Waals surface area contributed by atoms with Crippen molar-refractivity contribution in [3.05, 3.63) is 11.5 Å². The minimum atomic E-state index is -3.67. The third-order valence-corrected chi connectivity index (χ3v) is 4.61. The lowest BCUT2D eigenvalue weighted by atomic mass is 10.3. The van der Waals surface area contributed by atoms with Gasteiger partial charge in [0.25, 0.3) is 0 Å². The molecule has 0 bridgehead atoms. The number of rotatable bonds is 6. The van der Waals surface area contributed by atoms with Gasteiger partial charge in [0.2, 0.25) is 15.9 Å². The Balaban J connectivity index is 2.72. The zero-order valence-electron chi connectivity index (χ0n) is 12.4. The van der Waals surface area contributed by atoms with E-state index in [0.29, 0.717) is 12.2 Å². The average molecular weight is 303 g/mol. The Hall–Kier alpha value is -1.41. The second-order valence-electron chi connectivity index (χ2n) is 4.86. The van der Waals surface area contributed by atoms with Gasteiger partial charge in [0.15, 0.2) is 5.76 Å². The number of aromatic nitrogens is 1. The Morgan fingerprint density at radius 2 is 2.00 bits per heavy atom. The molecule has 7 nitrogen and oxygen atoms in total. The summed E-state index contributed by atoms with van der Waals surface area (Å²) in [4.78, 5) is 13.1. The first-order chi connectivity index (χ1) is 9.16. The molecule has 0 radical (unpaired) electrons. The third kappa shape index (κ3) is 3.80. The molecule has 0 aromatic carbocycles. The highest BCUT2D eigenvalue weighted by atomic mass is 32.2. The maximum atomic E-state index is 12.1. The lowest BCUT2D eigenvalue weighted by Gasteiger charge is -2.25. The van der Waals surface area contributed by atoms with Gasteiger partial charge in [-0.1, -0.05) is 5.16 Å². The van der Waals surface area contributed by atoms with Crippen LogP contribution in [0, 0.1) is 13.8 Å². The molecule has 0 saturated heterocycles. The fourth-order valence-electron chi connectivity index (χ4n) is 2.01. The molecule has 0 fully saturated rings. The van der Waals surface area contributed by atoms with Crippen LogP contribution in [0.3, 0.4) is 0 Å². The summed E-state index contributed by atoms with van der Waals surface area (Å²) in [7, 11) is -3.67. The van der Waals surface area contributed by atoms with E-state index in [1.54, 1.807) is 18.7 Å². The zero-order chi connectivity index (χ0) is 15.5. The Labute approximate surface area is 119 Å². The fourth-order valence-corrected chi connectivity index (χ4v) is 3.36. The van der Waals surface area contributed by atoms with Gasteiger partial charge in [-0.3, -0.25) is 4.79 Å². The molecule has 0 saturated carbocycles. The summed E-state index contributed by atoms with van der Waals surface area (Å²) in [5, 5.41) is 3.62. The Kier molecular flexibility index (Phi) is 5.29. The third-order valence-electron chi connectivity index (χ3n) is 2.91. The van der Waals surface area contributed by atoms with Gasteiger partial charge in [-0.2, -0.15) is 0 Å². The molecule has 0 spiro atoms. The van der Waals surface area contributed by atoms with Gasteiger partial charge < -0.3 is 9.42 Å². The van der Waals surface area contributed by atoms with Gasteiger partial charge >= 0.3 is 0 Å². The van der Waals surface area contributed by atoms with Crippen molar-refractivity contribution >= 4 is 15.9 Å². The van der Waals surface area contributed by atoms with E-state index in [0.717, 1.165) is 0 Å². The number of sulfonamides is 1. The molecule has 0 aliphatic rings. The van der Waals surface area contributed by atoms with E-state index in [4.69, 9.17) is 4.52 Å². The van der Waals surface area contributed by atoms with Crippen molar-refractivity contribution in [3.8, 4) is 0 Å². The summed E-state index contributed by atoms with van der Waals surface area (Å²) in [6, 6.07) is 0.0241. The number of hydrogen-bond acceptors (Lipinski definition) is 5. The molecule has 1 heterocycles. The quantitative estimate of drug-likeness (QED) is 0.840. The number of nitrogens with zero attached hydrogens (tertiary/aromatic N) is 2. The number of amides is 1. The van der Waals surface area contributed by atoms with Crippen LogP contribution in [-0.4, -0.2) is 43.5 Å². The molecule has 20 heavy (non-hydrogen) atoms. The molecular formula is C12H21N3O4S. The number of hydrogen-bond donors (Lipinski definition) is 1. The van der Waals surface area contributed by atoms with Crippen LogP contribution in [0.2, 0.25) is 0 Å². The molecular weight excluding hydrogens is 282 g/mol. The predicted octanol–water partition coefficient (Wildman–Crippen LogP) is 0.827. The van der Waals surface area contributed by atoms with Crippen molar-refractivity contribution in [1.82, 2.24) is 14.8 Å². The second-order valence-corrected chi connectivity index (χ2v) is 6.56. The first-order valence-corrected chi connectivity index (χ1v) is 7.85. The molecule has 114 valence electrons. The lowest BCUT2D eigenvalue weighted by molar-refractivity contribution is -0.130. The van der Waals surface area contributed by atoms with Crippen LogP contribution in [0.1, 0.15) is 32.2 Å². The van der Waals surface area contributed by atoms with Gasteiger partial charge in [-0.05, 0) is 27.7 Å². The SMILES string of the molecule is CC(=O)N(CCNS(=O)(=O)c1c(C)noc1C)C(C)C. The maximum absolute atomic E-state index is 12.1. The van der Waals surface area contributed by atoms with Crippen molar-refractivity contribution in [2.45, 2.75) is 45.6 Å². The number of nitrogens with one attached hydrogen (secondary N) is 1. The van der Waals surface area contributed by atoms with Crippen LogP contribution in [0.5, 0.6) is 0 Å². The summed E-state index contributed by atoms with van der Waals surface area (Å²) >= 11 is 0. The molecule has 1 rings (SSSR count). The van der Waals surface area contributed by atoms with E-state index in [1.165, 1.54) is 6.92 Å². The minimum absolute atomic E-state index is 0.0241. The summed E-state index contributed by atoms with van der Waals surface area (Å²) in [6.07, 6.45) is 0. The highest BCUT2D eigenvalue weighted by Crippen LogP contribution is 2.18.